The van der Waals surface area contributed by atoms with Crippen LogP contribution in [0.5, 0.6) is 0 Å². The predicted octanol–water partition coefficient (Wildman–Crippen LogP) is 3.85. The summed E-state index contributed by atoms with van der Waals surface area (Å²) in [5, 5.41) is 4.39. The summed E-state index contributed by atoms with van der Waals surface area (Å²) in [6.07, 6.45) is 4.67. The molecule has 3 rings (SSSR count). The Morgan fingerprint density at radius 1 is 1.36 bits per heavy atom. The third kappa shape index (κ3) is 3.42. The van der Waals surface area contributed by atoms with Gasteiger partial charge in [-0.25, -0.2) is 4.98 Å². The van der Waals surface area contributed by atoms with Gasteiger partial charge in [0, 0.05) is 31.4 Å². The van der Waals surface area contributed by atoms with Gasteiger partial charge >= 0.3 is 0 Å². The molecule has 132 valence electrons. The van der Waals surface area contributed by atoms with E-state index in [0.717, 1.165) is 23.1 Å². The number of hydrogen-bond acceptors (Lipinski definition) is 2. The fraction of sp³-hybridized carbons (Fsp3) is 0.368. The highest BCUT2D eigenvalue weighted by atomic mass is 35.5. The smallest absolute Gasteiger partial charge is 0.269 e. The molecule has 0 aliphatic carbocycles. The molecular weight excluding hydrogens is 336 g/mol. The molecule has 0 saturated carbocycles. The molecule has 1 aromatic carbocycles. The maximum absolute atomic E-state index is 12.8. The lowest BCUT2D eigenvalue weighted by Crippen LogP contribution is -2.30. The van der Waals surface area contributed by atoms with Gasteiger partial charge in [-0.1, -0.05) is 50.1 Å². The summed E-state index contributed by atoms with van der Waals surface area (Å²) in [6, 6.07) is 7.81. The SMILES string of the molecule is CCC(C)CNC(=O)c1c(Cl)c2ccccc2n1Cc1nccn1C. The molecule has 0 spiro atoms. The second-order valence-electron chi connectivity index (χ2n) is 6.44. The van der Waals surface area contributed by atoms with Crippen LogP contribution in [0.4, 0.5) is 0 Å². The molecule has 0 bridgehead atoms. The molecule has 5 nitrogen and oxygen atoms in total. The van der Waals surface area contributed by atoms with Crippen LogP contribution in [0.1, 0.15) is 36.6 Å². The second-order valence-corrected chi connectivity index (χ2v) is 6.82. The van der Waals surface area contributed by atoms with Gasteiger partial charge in [-0.3, -0.25) is 4.79 Å². The van der Waals surface area contributed by atoms with Crippen molar-refractivity contribution in [1.29, 1.82) is 0 Å². The normalized spacial score (nSPS) is 12.5. The van der Waals surface area contributed by atoms with E-state index in [9.17, 15) is 4.79 Å². The first-order valence-corrected chi connectivity index (χ1v) is 8.91. The van der Waals surface area contributed by atoms with E-state index in [1.54, 1.807) is 6.20 Å². The van der Waals surface area contributed by atoms with E-state index in [0.29, 0.717) is 29.7 Å². The number of nitrogens with one attached hydrogen (secondary N) is 1. The number of benzene rings is 1. The number of aryl methyl sites for hydroxylation is 1. The number of imidazole rings is 1. The topological polar surface area (TPSA) is 51.9 Å². The number of fused-ring (bicyclic) bond motifs is 1. The van der Waals surface area contributed by atoms with Crippen molar-refractivity contribution in [3.63, 3.8) is 0 Å². The van der Waals surface area contributed by atoms with Gasteiger partial charge < -0.3 is 14.5 Å². The van der Waals surface area contributed by atoms with Crippen LogP contribution < -0.4 is 5.32 Å². The molecule has 2 heterocycles. The Labute approximate surface area is 152 Å². The van der Waals surface area contributed by atoms with Crippen LogP contribution in [0.2, 0.25) is 5.02 Å². The summed E-state index contributed by atoms with van der Waals surface area (Å²) in [4.78, 5) is 17.2. The van der Waals surface area contributed by atoms with Gasteiger partial charge in [0.2, 0.25) is 0 Å². The lowest BCUT2D eigenvalue weighted by atomic mass is 10.1. The summed E-state index contributed by atoms with van der Waals surface area (Å²) in [6.45, 7) is 5.35. The number of halogens is 1. The molecule has 0 saturated heterocycles. The molecule has 2 aromatic heterocycles. The maximum Gasteiger partial charge on any atom is 0.269 e. The summed E-state index contributed by atoms with van der Waals surface area (Å²) in [7, 11) is 1.94. The zero-order chi connectivity index (χ0) is 18.0. The Morgan fingerprint density at radius 2 is 2.12 bits per heavy atom. The molecule has 1 N–H and O–H groups in total. The van der Waals surface area contributed by atoms with Crippen molar-refractivity contribution in [3.05, 3.63) is 53.2 Å². The Balaban J connectivity index is 2.04. The van der Waals surface area contributed by atoms with Crippen molar-refractivity contribution >= 4 is 28.4 Å². The molecule has 0 radical (unpaired) electrons. The van der Waals surface area contributed by atoms with Gasteiger partial charge in [-0.05, 0) is 12.0 Å². The molecule has 6 heteroatoms. The summed E-state index contributed by atoms with van der Waals surface area (Å²) in [5.41, 5.74) is 1.43. The summed E-state index contributed by atoms with van der Waals surface area (Å²) >= 11 is 6.58. The van der Waals surface area contributed by atoms with Crippen molar-refractivity contribution in [2.75, 3.05) is 6.54 Å². The van der Waals surface area contributed by atoms with E-state index in [2.05, 4.69) is 24.1 Å². The first-order valence-electron chi connectivity index (χ1n) is 8.54. The molecule has 25 heavy (non-hydrogen) atoms. The number of amides is 1. The number of rotatable bonds is 6. The minimum atomic E-state index is -0.143. The zero-order valence-electron chi connectivity index (χ0n) is 14.8. The van der Waals surface area contributed by atoms with Crippen LogP contribution in [-0.2, 0) is 13.6 Å². The number of aromatic nitrogens is 3. The van der Waals surface area contributed by atoms with Gasteiger partial charge in [0.25, 0.3) is 5.91 Å². The van der Waals surface area contributed by atoms with E-state index in [4.69, 9.17) is 11.6 Å². The summed E-state index contributed by atoms with van der Waals surface area (Å²) in [5.74, 6) is 1.15. The van der Waals surface area contributed by atoms with Crippen LogP contribution in [0, 0.1) is 5.92 Å². The third-order valence-corrected chi connectivity index (χ3v) is 5.04. The second kappa shape index (κ2) is 7.31. The molecule has 3 aromatic rings. The zero-order valence-corrected chi connectivity index (χ0v) is 15.5. The molecule has 1 amide bonds. The Hall–Kier alpha value is -2.27. The van der Waals surface area contributed by atoms with Gasteiger partial charge in [-0.15, -0.1) is 0 Å². The number of nitrogens with zero attached hydrogens (tertiary/aromatic N) is 3. The maximum atomic E-state index is 12.8. The Kier molecular flexibility index (Phi) is 5.13. The van der Waals surface area contributed by atoms with Crippen LogP contribution in [0.3, 0.4) is 0 Å². The van der Waals surface area contributed by atoms with Gasteiger partial charge in [0.1, 0.15) is 11.5 Å². The minimum Gasteiger partial charge on any atom is -0.350 e. The summed E-state index contributed by atoms with van der Waals surface area (Å²) < 4.78 is 3.90. The third-order valence-electron chi connectivity index (χ3n) is 4.65. The van der Waals surface area contributed by atoms with Crippen LogP contribution in [0.15, 0.2) is 36.7 Å². The van der Waals surface area contributed by atoms with Crippen molar-refractivity contribution in [2.24, 2.45) is 13.0 Å². The highest BCUT2D eigenvalue weighted by molar-refractivity contribution is 6.38. The first-order chi connectivity index (χ1) is 12.0. The number of carbonyl (C=O) groups is 1. The van der Waals surface area contributed by atoms with E-state index >= 15 is 0 Å². The van der Waals surface area contributed by atoms with Crippen LogP contribution in [0.25, 0.3) is 10.9 Å². The van der Waals surface area contributed by atoms with E-state index in [1.807, 2.05) is 46.6 Å². The lowest BCUT2D eigenvalue weighted by molar-refractivity contribution is 0.0939. The van der Waals surface area contributed by atoms with Crippen molar-refractivity contribution < 1.29 is 4.79 Å². The Bertz CT molecular complexity index is 896. The first kappa shape index (κ1) is 17.5. The van der Waals surface area contributed by atoms with Crippen molar-refractivity contribution in [3.8, 4) is 0 Å². The average Bonchev–Trinajstić information content (AvgIpc) is 3.15. The Morgan fingerprint density at radius 3 is 2.80 bits per heavy atom. The van der Waals surface area contributed by atoms with E-state index in [1.165, 1.54) is 0 Å². The fourth-order valence-electron chi connectivity index (χ4n) is 2.83. The molecule has 1 unspecified atom stereocenters. The van der Waals surface area contributed by atoms with Crippen molar-refractivity contribution in [2.45, 2.75) is 26.8 Å². The molecular formula is C19H23ClN4O. The minimum absolute atomic E-state index is 0.143. The number of para-hydroxylation sites is 1. The molecule has 0 aliphatic heterocycles. The van der Waals surface area contributed by atoms with Gasteiger partial charge in [0.05, 0.1) is 17.1 Å². The highest BCUT2D eigenvalue weighted by Crippen LogP contribution is 2.31. The van der Waals surface area contributed by atoms with E-state index in [-0.39, 0.29) is 5.91 Å². The number of carbonyl (C=O) groups excluding carboxylic acids is 1. The van der Waals surface area contributed by atoms with Gasteiger partial charge in [-0.2, -0.15) is 0 Å². The monoisotopic (exact) mass is 358 g/mol. The fourth-order valence-corrected chi connectivity index (χ4v) is 3.18. The van der Waals surface area contributed by atoms with Crippen molar-refractivity contribution in [1.82, 2.24) is 19.4 Å². The van der Waals surface area contributed by atoms with Gasteiger partial charge in [0.15, 0.2) is 0 Å². The average molecular weight is 359 g/mol. The van der Waals surface area contributed by atoms with Crippen LogP contribution in [-0.4, -0.2) is 26.6 Å². The highest BCUT2D eigenvalue weighted by Gasteiger charge is 2.22. The number of hydrogen-bond donors (Lipinski definition) is 1. The lowest BCUT2D eigenvalue weighted by Gasteiger charge is -2.13. The largest absolute Gasteiger partial charge is 0.350 e. The molecule has 0 aliphatic rings. The van der Waals surface area contributed by atoms with E-state index < -0.39 is 0 Å². The molecule has 0 fully saturated rings. The molecule has 1 atom stereocenters. The predicted molar refractivity (Wildman–Crippen MR) is 101 cm³/mol. The standard InChI is InChI=1S/C19H23ClN4O/c1-4-13(2)11-22-19(25)18-17(20)14-7-5-6-8-15(14)24(18)12-16-21-9-10-23(16)3/h5-10,13H,4,11-12H2,1-3H3,(H,22,25). The quantitative estimate of drug-likeness (QED) is 0.727. The van der Waals surface area contributed by atoms with Crippen LogP contribution >= 0.6 is 11.6 Å².